The minimum atomic E-state index is -0.715. The second kappa shape index (κ2) is 10.8. The third-order valence-electron chi connectivity index (χ3n) is 6.43. The normalized spacial score (nSPS) is 19.6. The predicted octanol–water partition coefficient (Wildman–Crippen LogP) is 3.87. The first-order chi connectivity index (χ1) is 17.0. The number of halogens is 1. The molecule has 0 spiro atoms. The maximum atomic E-state index is 13.9. The minimum Gasteiger partial charge on any atom is -0.497 e. The van der Waals surface area contributed by atoms with Gasteiger partial charge in [-0.15, -0.1) is 0 Å². The lowest BCUT2D eigenvalue weighted by Gasteiger charge is -2.36. The molecule has 3 aromatic rings. The van der Waals surface area contributed by atoms with Crippen molar-refractivity contribution in [2.75, 3.05) is 32.1 Å². The van der Waals surface area contributed by atoms with Crippen LogP contribution in [0.15, 0.2) is 47.4 Å². The van der Waals surface area contributed by atoms with Crippen molar-refractivity contribution in [3.05, 3.63) is 69.4 Å². The quantitative estimate of drug-likeness (QED) is 0.464. The van der Waals surface area contributed by atoms with E-state index in [1.54, 1.807) is 23.9 Å². The van der Waals surface area contributed by atoms with Crippen molar-refractivity contribution >= 4 is 17.3 Å². The van der Waals surface area contributed by atoms with Gasteiger partial charge in [-0.1, -0.05) is 24.6 Å². The van der Waals surface area contributed by atoms with Gasteiger partial charge in [0.15, 0.2) is 0 Å². The van der Waals surface area contributed by atoms with Crippen LogP contribution < -0.4 is 20.9 Å². The Labute approximate surface area is 210 Å². The summed E-state index contributed by atoms with van der Waals surface area (Å²) >= 11 is 6.57. The zero-order valence-corrected chi connectivity index (χ0v) is 21.4. The lowest BCUT2D eigenvalue weighted by atomic mass is 9.90. The van der Waals surface area contributed by atoms with Gasteiger partial charge in [0.2, 0.25) is 0 Å². The maximum absolute atomic E-state index is 13.9. The van der Waals surface area contributed by atoms with Crippen molar-refractivity contribution in [2.24, 2.45) is 0 Å². The van der Waals surface area contributed by atoms with Crippen LogP contribution in [0.5, 0.6) is 5.75 Å². The van der Waals surface area contributed by atoms with E-state index in [9.17, 15) is 4.79 Å². The summed E-state index contributed by atoms with van der Waals surface area (Å²) in [6, 6.07) is 11.2. The second-order valence-corrected chi connectivity index (χ2v) is 8.80. The molecule has 35 heavy (non-hydrogen) atoms. The predicted molar refractivity (Wildman–Crippen MR) is 138 cm³/mol. The van der Waals surface area contributed by atoms with E-state index in [2.05, 4.69) is 15.6 Å². The Morgan fingerprint density at radius 1 is 1.26 bits per heavy atom. The highest BCUT2D eigenvalue weighted by Crippen LogP contribution is 2.35. The fourth-order valence-corrected chi connectivity index (χ4v) is 4.92. The topological polar surface area (TPSA) is 90.3 Å². The first kappa shape index (κ1) is 25.2. The van der Waals surface area contributed by atoms with E-state index in [4.69, 9.17) is 26.1 Å². The molecule has 1 aliphatic heterocycles. The zero-order chi connectivity index (χ0) is 25.0. The molecule has 2 atom stereocenters. The SMILES string of the molecule is CCO[C@H]1CNC[C@@]1(Nc1c(CC)nc(-c2ccc(OC)cc2Cl)n(CC)c1=O)c1ccccn1. The summed E-state index contributed by atoms with van der Waals surface area (Å²) < 4.78 is 13.1. The summed E-state index contributed by atoms with van der Waals surface area (Å²) in [5, 5.41) is 7.48. The van der Waals surface area contributed by atoms with Gasteiger partial charge in [0.1, 0.15) is 22.8 Å². The van der Waals surface area contributed by atoms with E-state index in [1.165, 1.54) is 0 Å². The molecule has 0 unspecified atom stereocenters. The smallest absolute Gasteiger partial charge is 0.277 e. The number of ether oxygens (including phenoxy) is 2. The first-order valence-corrected chi connectivity index (χ1v) is 12.4. The Bertz CT molecular complexity index is 1230. The summed E-state index contributed by atoms with van der Waals surface area (Å²) in [4.78, 5) is 23.5. The van der Waals surface area contributed by atoms with E-state index in [1.807, 2.05) is 51.1 Å². The van der Waals surface area contributed by atoms with Crippen LogP contribution in [0.25, 0.3) is 11.4 Å². The van der Waals surface area contributed by atoms with Gasteiger partial charge in [-0.3, -0.25) is 14.3 Å². The van der Waals surface area contributed by atoms with Crippen LogP contribution in [0.1, 0.15) is 32.2 Å². The van der Waals surface area contributed by atoms with Gasteiger partial charge in [0.05, 0.1) is 29.6 Å². The highest BCUT2D eigenvalue weighted by atomic mass is 35.5. The summed E-state index contributed by atoms with van der Waals surface area (Å²) in [6.45, 7) is 8.08. The number of aryl methyl sites for hydroxylation is 1. The van der Waals surface area contributed by atoms with Crippen molar-refractivity contribution in [3.63, 3.8) is 0 Å². The van der Waals surface area contributed by atoms with Crippen LogP contribution in [0, 0.1) is 0 Å². The third kappa shape index (κ3) is 4.66. The molecule has 3 heterocycles. The molecule has 2 N–H and O–H groups in total. The molecular formula is C26H32ClN5O3. The van der Waals surface area contributed by atoms with Gasteiger partial charge in [-0.2, -0.15) is 0 Å². The van der Waals surface area contributed by atoms with Crippen LogP contribution in [0.2, 0.25) is 5.02 Å². The summed E-state index contributed by atoms with van der Waals surface area (Å²) in [6.07, 6.45) is 2.11. The number of aromatic nitrogens is 3. The molecule has 0 bridgehead atoms. The highest BCUT2D eigenvalue weighted by molar-refractivity contribution is 6.33. The Hall–Kier alpha value is -2.94. The number of rotatable bonds is 9. The Morgan fingerprint density at radius 2 is 2.09 bits per heavy atom. The van der Waals surface area contributed by atoms with Crippen LogP contribution in [0.3, 0.4) is 0 Å². The van der Waals surface area contributed by atoms with Gasteiger partial charge in [0.25, 0.3) is 5.56 Å². The number of pyridine rings is 1. The lowest BCUT2D eigenvalue weighted by molar-refractivity contribution is 0.0384. The molecule has 1 fully saturated rings. The van der Waals surface area contributed by atoms with Crippen molar-refractivity contribution in [1.82, 2.24) is 19.9 Å². The van der Waals surface area contributed by atoms with Crippen LogP contribution in [0.4, 0.5) is 5.69 Å². The van der Waals surface area contributed by atoms with E-state index >= 15 is 0 Å². The first-order valence-electron chi connectivity index (χ1n) is 12.0. The molecule has 0 aliphatic carbocycles. The van der Waals surface area contributed by atoms with Crippen molar-refractivity contribution < 1.29 is 9.47 Å². The van der Waals surface area contributed by atoms with Crippen LogP contribution in [-0.4, -0.2) is 47.4 Å². The molecular weight excluding hydrogens is 466 g/mol. The number of hydrogen-bond donors (Lipinski definition) is 2. The fourth-order valence-electron chi connectivity index (χ4n) is 4.67. The van der Waals surface area contributed by atoms with Crippen LogP contribution in [-0.2, 0) is 23.2 Å². The average Bonchev–Trinajstić information content (AvgIpc) is 3.29. The van der Waals surface area contributed by atoms with Gasteiger partial charge in [-0.25, -0.2) is 4.98 Å². The molecule has 2 aromatic heterocycles. The number of benzene rings is 1. The molecule has 1 saturated heterocycles. The van der Waals surface area contributed by atoms with Crippen molar-refractivity contribution in [1.29, 1.82) is 0 Å². The number of anilines is 1. The van der Waals surface area contributed by atoms with Crippen molar-refractivity contribution in [2.45, 2.75) is 45.4 Å². The number of methoxy groups -OCH3 is 1. The Morgan fingerprint density at radius 3 is 2.71 bits per heavy atom. The van der Waals surface area contributed by atoms with E-state index in [0.29, 0.717) is 66.2 Å². The van der Waals surface area contributed by atoms with Gasteiger partial charge < -0.3 is 20.1 Å². The second-order valence-electron chi connectivity index (χ2n) is 8.39. The molecule has 8 nitrogen and oxygen atoms in total. The summed E-state index contributed by atoms with van der Waals surface area (Å²) in [7, 11) is 1.59. The number of nitrogens with one attached hydrogen (secondary N) is 2. The minimum absolute atomic E-state index is 0.154. The van der Waals surface area contributed by atoms with E-state index in [0.717, 1.165) is 5.69 Å². The molecule has 4 rings (SSSR count). The van der Waals surface area contributed by atoms with Crippen molar-refractivity contribution in [3.8, 4) is 17.1 Å². The zero-order valence-electron chi connectivity index (χ0n) is 20.6. The molecule has 1 aromatic carbocycles. The molecule has 0 saturated carbocycles. The molecule has 1 aliphatic rings. The Kier molecular flexibility index (Phi) is 7.74. The summed E-state index contributed by atoms with van der Waals surface area (Å²) in [5.74, 6) is 1.18. The van der Waals surface area contributed by atoms with Gasteiger partial charge >= 0.3 is 0 Å². The fraction of sp³-hybridized carbons (Fsp3) is 0.423. The highest BCUT2D eigenvalue weighted by Gasteiger charge is 2.47. The number of nitrogens with zero attached hydrogens (tertiary/aromatic N) is 3. The largest absolute Gasteiger partial charge is 0.497 e. The van der Waals surface area contributed by atoms with Crippen LogP contribution >= 0.6 is 11.6 Å². The van der Waals surface area contributed by atoms with Gasteiger partial charge in [0, 0.05) is 38.0 Å². The lowest BCUT2D eigenvalue weighted by Crippen LogP contribution is -2.50. The molecule has 9 heteroatoms. The standard InChI is InChI=1S/C26H32ClN5O3/c1-5-20-23(31-26(21-10-8-9-13-29-21)16-28-15-22(26)35-7-3)25(33)32(6-2)24(30-20)18-12-11-17(34-4)14-19(18)27/h8-14,22,28,31H,5-7,15-16H2,1-4H3/t22-,26+/m0/s1. The third-order valence-corrected chi connectivity index (χ3v) is 6.75. The van der Waals surface area contributed by atoms with E-state index < -0.39 is 5.54 Å². The molecule has 186 valence electrons. The van der Waals surface area contributed by atoms with Gasteiger partial charge in [-0.05, 0) is 50.6 Å². The summed E-state index contributed by atoms with van der Waals surface area (Å²) in [5.41, 5.74) is 1.75. The maximum Gasteiger partial charge on any atom is 0.277 e. The molecule has 0 amide bonds. The average molecular weight is 498 g/mol. The monoisotopic (exact) mass is 497 g/mol. The number of hydrogen-bond acceptors (Lipinski definition) is 7. The Balaban J connectivity index is 1.88. The molecule has 0 radical (unpaired) electrons. The van der Waals surface area contributed by atoms with E-state index in [-0.39, 0.29) is 11.7 Å².